The van der Waals surface area contributed by atoms with Crippen LogP contribution in [0.15, 0.2) is 54.7 Å². The highest BCUT2D eigenvalue weighted by Gasteiger charge is 2.13. The van der Waals surface area contributed by atoms with Crippen LogP contribution in [0.4, 0.5) is 4.39 Å². The molecule has 1 unspecified atom stereocenters. The maximum absolute atomic E-state index is 13.1. The largest absolute Gasteiger partial charge is 0.320 e. The number of nitrogens with zero attached hydrogens (tertiary/aromatic N) is 1. The molecule has 2 nitrogen and oxygen atoms in total. The number of benzene rings is 2. The first-order valence-electron chi connectivity index (χ1n) is 6.20. The smallest absolute Gasteiger partial charge is 0.124 e. The summed E-state index contributed by atoms with van der Waals surface area (Å²) < 4.78 is 13.1. The van der Waals surface area contributed by atoms with E-state index in [0.29, 0.717) is 10.6 Å². The molecule has 0 spiro atoms. The number of aromatic nitrogens is 1. The molecule has 0 aliphatic rings. The Balaban J connectivity index is 2.05. The third-order valence-electron chi connectivity index (χ3n) is 3.29. The zero-order valence-electron chi connectivity index (χ0n) is 10.6. The van der Waals surface area contributed by atoms with Crippen LogP contribution in [0.25, 0.3) is 10.9 Å². The molecular formula is C16H12ClFN2. The Kier molecular flexibility index (Phi) is 3.38. The van der Waals surface area contributed by atoms with Gasteiger partial charge < -0.3 is 5.73 Å². The van der Waals surface area contributed by atoms with Crippen LogP contribution in [-0.2, 0) is 0 Å². The Bertz CT molecular complexity index is 773. The minimum absolute atomic E-state index is 0.332. The second-order valence-corrected chi connectivity index (χ2v) is 5.01. The van der Waals surface area contributed by atoms with Crippen molar-refractivity contribution in [2.75, 3.05) is 0 Å². The molecule has 100 valence electrons. The van der Waals surface area contributed by atoms with E-state index in [-0.39, 0.29) is 5.82 Å². The monoisotopic (exact) mass is 286 g/mol. The molecule has 0 saturated heterocycles. The van der Waals surface area contributed by atoms with Crippen LogP contribution in [0.2, 0.25) is 5.02 Å². The number of rotatable bonds is 2. The molecular weight excluding hydrogens is 275 g/mol. The van der Waals surface area contributed by atoms with Crippen LogP contribution in [0.1, 0.15) is 17.2 Å². The van der Waals surface area contributed by atoms with E-state index >= 15 is 0 Å². The van der Waals surface area contributed by atoms with E-state index in [1.165, 1.54) is 12.1 Å². The standard InChI is InChI=1S/C16H12ClFN2/c17-14-9-12(18)5-6-13(14)16(19)11-4-3-10-2-1-7-20-15(10)8-11/h1-9,16H,19H2. The van der Waals surface area contributed by atoms with Crippen molar-refractivity contribution in [2.45, 2.75) is 6.04 Å². The van der Waals surface area contributed by atoms with Gasteiger partial charge in [-0.05, 0) is 35.4 Å². The van der Waals surface area contributed by atoms with Crippen molar-refractivity contribution >= 4 is 22.5 Å². The van der Waals surface area contributed by atoms with Gasteiger partial charge in [0.25, 0.3) is 0 Å². The predicted molar refractivity (Wildman–Crippen MR) is 79.2 cm³/mol. The lowest BCUT2D eigenvalue weighted by Gasteiger charge is -2.14. The van der Waals surface area contributed by atoms with Gasteiger partial charge >= 0.3 is 0 Å². The van der Waals surface area contributed by atoms with E-state index in [2.05, 4.69) is 4.98 Å². The molecule has 2 N–H and O–H groups in total. The topological polar surface area (TPSA) is 38.9 Å². The summed E-state index contributed by atoms with van der Waals surface area (Å²) in [6.07, 6.45) is 1.74. The lowest BCUT2D eigenvalue weighted by molar-refractivity contribution is 0.626. The molecule has 0 aliphatic carbocycles. The van der Waals surface area contributed by atoms with Crippen molar-refractivity contribution in [3.63, 3.8) is 0 Å². The highest BCUT2D eigenvalue weighted by Crippen LogP contribution is 2.28. The fourth-order valence-corrected chi connectivity index (χ4v) is 2.49. The minimum Gasteiger partial charge on any atom is -0.320 e. The maximum Gasteiger partial charge on any atom is 0.124 e. The van der Waals surface area contributed by atoms with Crippen LogP contribution in [0.3, 0.4) is 0 Å². The second kappa shape index (κ2) is 5.19. The average Bonchev–Trinajstić information content (AvgIpc) is 2.46. The van der Waals surface area contributed by atoms with Gasteiger partial charge in [0.1, 0.15) is 5.82 Å². The maximum atomic E-state index is 13.1. The van der Waals surface area contributed by atoms with Crippen molar-refractivity contribution in [1.82, 2.24) is 4.98 Å². The molecule has 3 rings (SSSR count). The van der Waals surface area contributed by atoms with Gasteiger partial charge in [0.15, 0.2) is 0 Å². The molecule has 0 radical (unpaired) electrons. The molecule has 2 aromatic carbocycles. The van der Waals surface area contributed by atoms with E-state index in [4.69, 9.17) is 17.3 Å². The molecule has 20 heavy (non-hydrogen) atoms. The summed E-state index contributed by atoms with van der Waals surface area (Å²) in [5.74, 6) is -0.369. The number of halogens is 2. The number of hydrogen-bond donors (Lipinski definition) is 1. The highest BCUT2D eigenvalue weighted by molar-refractivity contribution is 6.31. The van der Waals surface area contributed by atoms with E-state index < -0.39 is 6.04 Å². The van der Waals surface area contributed by atoms with E-state index in [9.17, 15) is 4.39 Å². The Morgan fingerprint density at radius 1 is 1.10 bits per heavy atom. The van der Waals surface area contributed by atoms with Crippen LogP contribution < -0.4 is 5.73 Å². The Labute approximate surface area is 121 Å². The summed E-state index contributed by atoms with van der Waals surface area (Å²) in [5, 5.41) is 1.38. The molecule has 1 atom stereocenters. The molecule has 0 bridgehead atoms. The normalized spacial score (nSPS) is 12.6. The van der Waals surface area contributed by atoms with Crippen LogP contribution >= 0.6 is 11.6 Å². The number of hydrogen-bond acceptors (Lipinski definition) is 2. The third kappa shape index (κ3) is 2.38. The summed E-state index contributed by atoms with van der Waals surface area (Å²) in [4.78, 5) is 4.31. The molecule has 0 saturated carbocycles. The first-order valence-corrected chi connectivity index (χ1v) is 6.58. The van der Waals surface area contributed by atoms with Gasteiger partial charge in [-0.15, -0.1) is 0 Å². The first-order chi connectivity index (χ1) is 9.65. The van der Waals surface area contributed by atoms with Crippen molar-refractivity contribution in [3.05, 3.63) is 76.7 Å². The van der Waals surface area contributed by atoms with Gasteiger partial charge in [0.2, 0.25) is 0 Å². The number of nitrogens with two attached hydrogens (primary N) is 1. The summed E-state index contributed by atoms with van der Waals surface area (Å²) in [6.45, 7) is 0. The lowest BCUT2D eigenvalue weighted by Crippen LogP contribution is -2.12. The van der Waals surface area contributed by atoms with Crippen LogP contribution in [0.5, 0.6) is 0 Å². The minimum atomic E-state index is -0.408. The summed E-state index contributed by atoms with van der Waals surface area (Å²) >= 11 is 6.06. The predicted octanol–water partition coefficient (Wildman–Crippen LogP) is 4.08. The number of pyridine rings is 1. The molecule has 0 fully saturated rings. The van der Waals surface area contributed by atoms with Gasteiger partial charge in [0, 0.05) is 16.6 Å². The summed E-state index contributed by atoms with van der Waals surface area (Å²) in [6, 6.07) is 13.6. The quantitative estimate of drug-likeness (QED) is 0.771. The Morgan fingerprint density at radius 2 is 1.95 bits per heavy atom. The Hall–Kier alpha value is -1.97. The van der Waals surface area contributed by atoms with E-state index in [1.54, 1.807) is 12.3 Å². The molecule has 0 aliphatic heterocycles. The fraction of sp³-hybridized carbons (Fsp3) is 0.0625. The van der Waals surface area contributed by atoms with Crippen molar-refractivity contribution < 1.29 is 4.39 Å². The fourth-order valence-electron chi connectivity index (χ4n) is 2.21. The van der Waals surface area contributed by atoms with Crippen molar-refractivity contribution in [1.29, 1.82) is 0 Å². The zero-order valence-corrected chi connectivity index (χ0v) is 11.3. The second-order valence-electron chi connectivity index (χ2n) is 4.60. The van der Waals surface area contributed by atoms with Crippen LogP contribution in [0, 0.1) is 5.82 Å². The molecule has 1 heterocycles. The van der Waals surface area contributed by atoms with Gasteiger partial charge in [-0.25, -0.2) is 4.39 Å². The van der Waals surface area contributed by atoms with Crippen LogP contribution in [-0.4, -0.2) is 4.98 Å². The summed E-state index contributed by atoms with van der Waals surface area (Å²) in [7, 11) is 0. The first kappa shape index (κ1) is 13.0. The molecule has 4 heteroatoms. The van der Waals surface area contributed by atoms with Crippen molar-refractivity contribution in [3.8, 4) is 0 Å². The van der Waals surface area contributed by atoms with E-state index in [0.717, 1.165) is 16.5 Å². The lowest BCUT2D eigenvalue weighted by atomic mass is 9.98. The number of fused-ring (bicyclic) bond motifs is 1. The molecule has 1 aromatic heterocycles. The average molecular weight is 287 g/mol. The van der Waals surface area contributed by atoms with Gasteiger partial charge in [0.05, 0.1) is 11.6 Å². The molecule has 3 aromatic rings. The highest BCUT2D eigenvalue weighted by atomic mass is 35.5. The Morgan fingerprint density at radius 3 is 2.75 bits per heavy atom. The third-order valence-corrected chi connectivity index (χ3v) is 3.61. The molecule has 0 amide bonds. The SMILES string of the molecule is NC(c1ccc2cccnc2c1)c1ccc(F)cc1Cl. The van der Waals surface area contributed by atoms with Gasteiger partial charge in [-0.1, -0.05) is 35.9 Å². The van der Waals surface area contributed by atoms with Crippen molar-refractivity contribution in [2.24, 2.45) is 5.73 Å². The van der Waals surface area contributed by atoms with Gasteiger partial charge in [-0.3, -0.25) is 4.98 Å². The van der Waals surface area contributed by atoms with Gasteiger partial charge in [-0.2, -0.15) is 0 Å². The summed E-state index contributed by atoms with van der Waals surface area (Å²) in [5.41, 5.74) is 8.69. The van der Waals surface area contributed by atoms with E-state index in [1.807, 2.05) is 30.3 Å². The zero-order chi connectivity index (χ0) is 14.1.